The molecule has 0 radical (unpaired) electrons. The second-order valence-corrected chi connectivity index (χ2v) is 7.12. The lowest BCUT2D eigenvalue weighted by molar-refractivity contribution is 0.0359. The van der Waals surface area contributed by atoms with Gasteiger partial charge in [0.15, 0.2) is 5.76 Å². The van der Waals surface area contributed by atoms with Crippen molar-refractivity contribution in [3.05, 3.63) is 60.1 Å². The molecule has 0 spiro atoms. The summed E-state index contributed by atoms with van der Waals surface area (Å²) in [6.45, 7) is 5.34. The summed E-state index contributed by atoms with van der Waals surface area (Å²) in [4.78, 5) is 18.8. The molecular formula is C20H25N3O3. The van der Waals surface area contributed by atoms with E-state index in [-0.39, 0.29) is 18.1 Å². The van der Waals surface area contributed by atoms with Gasteiger partial charge in [0.1, 0.15) is 0 Å². The van der Waals surface area contributed by atoms with Crippen LogP contribution in [0.2, 0.25) is 0 Å². The van der Waals surface area contributed by atoms with Gasteiger partial charge in [-0.2, -0.15) is 0 Å². The zero-order valence-electron chi connectivity index (χ0n) is 14.8. The number of furan rings is 1. The first-order valence-electron chi connectivity index (χ1n) is 9.22. The summed E-state index contributed by atoms with van der Waals surface area (Å²) >= 11 is 0. The minimum atomic E-state index is -0.342. The molecule has 2 fully saturated rings. The van der Waals surface area contributed by atoms with Gasteiger partial charge in [-0.25, -0.2) is 0 Å². The van der Waals surface area contributed by atoms with Gasteiger partial charge in [-0.05, 0) is 17.7 Å². The number of carbonyl (C=O) groups excluding carboxylic acids is 1. The molecule has 1 amide bonds. The molecule has 1 N–H and O–H groups in total. The van der Waals surface area contributed by atoms with Crippen molar-refractivity contribution >= 4 is 5.91 Å². The lowest BCUT2D eigenvalue weighted by Gasteiger charge is -2.38. The number of nitrogens with zero attached hydrogens (tertiary/aromatic N) is 3. The molecule has 3 heterocycles. The fraction of sp³-hybridized carbons (Fsp3) is 0.450. The SMILES string of the molecule is O=C(c1ccco1)N1CCN([C@@H]2CN(Cc3ccccc3)C[C@H]2O)CC1. The third kappa shape index (κ3) is 3.67. The van der Waals surface area contributed by atoms with Crippen LogP contribution in [0.25, 0.3) is 0 Å². The van der Waals surface area contributed by atoms with E-state index >= 15 is 0 Å². The Labute approximate surface area is 153 Å². The standard InChI is InChI=1S/C20H25N3O3/c24-18-15-21(13-16-5-2-1-3-6-16)14-17(18)22-8-10-23(11-9-22)20(25)19-7-4-12-26-19/h1-7,12,17-18,24H,8-11,13-15H2/t17-,18-/m1/s1. The molecule has 0 aliphatic carbocycles. The smallest absolute Gasteiger partial charge is 0.289 e. The van der Waals surface area contributed by atoms with Crippen LogP contribution in [0.3, 0.4) is 0 Å². The van der Waals surface area contributed by atoms with Crippen LogP contribution in [0.15, 0.2) is 53.1 Å². The summed E-state index contributed by atoms with van der Waals surface area (Å²) in [5, 5.41) is 10.5. The first kappa shape index (κ1) is 17.3. The van der Waals surface area contributed by atoms with Crippen molar-refractivity contribution in [3.8, 4) is 0 Å². The van der Waals surface area contributed by atoms with E-state index in [4.69, 9.17) is 4.42 Å². The molecule has 1 aromatic heterocycles. The number of rotatable bonds is 4. The molecule has 0 bridgehead atoms. The molecule has 6 nitrogen and oxygen atoms in total. The van der Waals surface area contributed by atoms with Gasteiger partial charge in [-0.3, -0.25) is 14.6 Å². The van der Waals surface area contributed by atoms with Crippen molar-refractivity contribution in [1.29, 1.82) is 0 Å². The Kier molecular flexibility index (Phi) is 5.06. The number of hydrogen-bond acceptors (Lipinski definition) is 5. The van der Waals surface area contributed by atoms with E-state index in [2.05, 4.69) is 34.1 Å². The highest BCUT2D eigenvalue weighted by molar-refractivity contribution is 5.91. The average molecular weight is 355 g/mol. The van der Waals surface area contributed by atoms with Gasteiger partial charge in [-0.15, -0.1) is 0 Å². The Morgan fingerprint density at radius 1 is 1.04 bits per heavy atom. The Morgan fingerprint density at radius 2 is 1.81 bits per heavy atom. The third-order valence-corrected chi connectivity index (χ3v) is 5.39. The predicted octanol–water partition coefficient (Wildman–Crippen LogP) is 1.28. The maximum absolute atomic E-state index is 12.4. The predicted molar refractivity (Wildman–Crippen MR) is 97.7 cm³/mol. The second-order valence-electron chi connectivity index (χ2n) is 7.12. The van der Waals surface area contributed by atoms with Crippen molar-refractivity contribution < 1.29 is 14.3 Å². The quantitative estimate of drug-likeness (QED) is 0.895. The fourth-order valence-corrected chi connectivity index (χ4v) is 3.99. The average Bonchev–Trinajstić information content (AvgIpc) is 3.32. The van der Waals surface area contributed by atoms with Crippen LogP contribution in [0.1, 0.15) is 16.1 Å². The third-order valence-electron chi connectivity index (χ3n) is 5.39. The minimum absolute atomic E-state index is 0.0488. The Bertz CT molecular complexity index is 711. The summed E-state index contributed by atoms with van der Waals surface area (Å²) in [7, 11) is 0. The van der Waals surface area contributed by atoms with Crippen LogP contribution >= 0.6 is 0 Å². The highest BCUT2D eigenvalue weighted by Gasteiger charge is 2.37. The number of amides is 1. The Hall–Kier alpha value is -2.15. The first-order chi connectivity index (χ1) is 12.7. The maximum Gasteiger partial charge on any atom is 0.289 e. The molecule has 1 aromatic carbocycles. The molecule has 6 heteroatoms. The van der Waals surface area contributed by atoms with Gasteiger partial charge in [0.2, 0.25) is 0 Å². The molecule has 26 heavy (non-hydrogen) atoms. The highest BCUT2D eigenvalue weighted by atomic mass is 16.3. The maximum atomic E-state index is 12.4. The molecule has 2 aliphatic heterocycles. The Balaban J connectivity index is 1.31. The summed E-state index contributed by atoms with van der Waals surface area (Å²) < 4.78 is 5.21. The van der Waals surface area contributed by atoms with Crippen LogP contribution < -0.4 is 0 Å². The molecule has 138 valence electrons. The van der Waals surface area contributed by atoms with Crippen molar-refractivity contribution in [2.24, 2.45) is 0 Å². The van der Waals surface area contributed by atoms with Gasteiger partial charge < -0.3 is 14.4 Å². The monoisotopic (exact) mass is 355 g/mol. The number of aliphatic hydroxyl groups is 1. The number of aliphatic hydroxyl groups excluding tert-OH is 1. The lowest BCUT2D eigenvalue weighted by Crippen LogP contribution is -2.54. The normalized spacial score (nSPS) is 24.9. The van der Waals surface area contributed by atoms with Crippen molar-refractivity contribution in [2.45, 2.75) is 18.7 Å². The van der Waals surface area contributed by atoms with Crippen LogP contribution in [0.5, 0.6) is 0 Å². The van der Waals surface area contributed by atoms with E-state index in [9.17, 15) is 9.90 Å². The van der Waals surface area contributed by atoms with Crippen LogP contribution in [0.4, 0.5) is 0 Å². The minimum Gasteiger partial charge on any atom is -0.459 e. The van der Waals surface area contributed by atoms with E-state index in [1.807, 2.05) is 11.0 Å². The second kappa shape index (κ2) is 7.61. The van der Waals surface area contributed by atoms with Crippen LogP contribution in [-0.2, 0) is 6.54 Å². The van der Waals surface area contributed by atoms with Gasteiger partial charge in [-0.1, -0.05) is 30.3 Å². The van der Waals surface area contributed by atoms with Crippen LogP contribution in [0, 0.1) is 0 Å². The van der Waals surface area contributed by atoms with Crippen molar-refractivity contribution in [3.63, 3.8) is 0 Å². The molecule has 0 unspecified atom stereocenters. The molecule has 4 rings (SSSR count). The largest absolute Gasteiger partial charge is 0.459 e. The lowest BCUT2D eigenvalue weighted by atomic mass is 10.1. The summed E-state index contributed by atoms with van der Waals surface area (Å²) in [5.41, 5.74) is 1.27. The molecule has 2 saturated heterocycles. The Morgan fingerprint density at radius 3 is 2.50 bits per heavy atom. The summed E-state index contributed by atoms with van der Waals surface area (Å²) in [6, 6.07) is 13.9. The first-order valence-corrected chi connectivity index (χ1v) is 9.22. The molecule has 2 atom stereocenters. The van der Waals surface area contributed by atoms with E-state index in [0.717, 1.165) is 26.2 Å². The van der Waals surface area contributed by atoms with Gasteiger partial charge >= 0.3 is 0 Å². The van der Waals surface area contributed by atoms with Gasteiger partial charge in [0.05, 0.1) is 12.4 Å². The van der Waals surface area contributed by atoms with Crippen molar-refractivity contribution in [1.82, 2.24) is 14.7 Å². The van der Waals surface area contributed by atoms with E-state index in [0.29, 0.717) is 25.4 Å². The number of likely N-dealkylation sites (tertiary alicyclic amines) is 1. The zero-order chi connectivity index (χ0) is 17.9. The van der Waals surface area contributed by atoms with Gasteiger partial charge in [0.25, 0.3) is 5.91 Å². The highest BCUT2D eigenvalue weighted by Crippen LogP contribution is 2.21. The fourth-order valence-electron chi connectivity index (χ4n) is 3.99. The van der Waals surface area contributed by atoms with Crippen molar-refractivity contribution in [2.75, 3.05) is 39.3 Å². The van der Waals surface area contributed by atoms with Crippen LogP contribution in [-0.4, -0.2) is 77.1 Å². The molecular weight excluding hydrogens is 330 g/mol. The van der Waals surface area contributed by atoms with E-state index < -0.39 is 0 Å². The molecule has 2 aromatic rings. The number of β-amino-alcohol motifs (C(OH)–C–C–N with tert-alkyl or cyclic N) is 1. The topological polar surface area (TPSA) is 60.2 Å². The van der Waals surface area contributed by atoms with Gasteiger partial charge in [0, 0.05) is 51.9 Å². The van der Waals surface area contributed by atoms with E-state index in [1.54, 1.807) is 12.1 Å². The number of piperazine rings is 1. The molecule has 0 saturated carbocycles. The number of hydrogen-bond donors (Lipinski definition) is 1. The molecule has 2 aliphatic rings. The number of benzene rings is 1. The zero-order valence-corrected chi connectivity index (χ0v) is 14.8. The summed E-state index contributed by atoms with van der Waals surface area (Å²) in [6.07, 6.45) is 1.19. The number of carbonyl (C=O) groups is 1. The summed E-state index contributed by atoms with van der Waals surface area (Å²) in [5.74, 6) is 0.348. The van der Waals surface area contributed by atoms with E-state index in [1.165, 1.54) is 11.8 Å².